The summed E-state index contributed by atoms with van der Waals surface area (Å²) in [6.45, 7) is 0. The van der Waals surface area contributed by atoms with Gasteiger partial charge in [-0.15, -0.1) is 0 Å². The Labute approximate surface area is 131 Å². The average Bonchev–Trinajstić information content (AvgIpc) is 2.36. The quantitative estimate of drug-likeness (QED) is 0.680. The summed E-state index contributed by atoms with van der Waals surface area (Å²) >= 11 is 11.3. The fraction of sp³-hybridized carbons (Fsp3) is 0.0833. The fourth-order valence-corrected chi connectivity index (χ4v) is 3.11. The molecule has 0 atom stereocenters. The maximum atomic E-state index is 12.1. The van der Waals surface area contributed by atoms with Crippen molar-refractivity contribution in [1.82, 2.24) is 9.97 Å². The molecule has 0 aliphatic carbocycles. The van der Waals surface area contributed by atoms with Crippen LogP contribution >= 0.6 is 23.2 Å². The Morgan fingerprint density at radius 1 is 1.24 bits per heavy atom. The summed E-state index contributed by atoms with van der Waals surface area (Å²) in [5, 5.41) is 8.66. The second-order valence-electron chi connectivity index (χ2n) is 4.02. The Hall–Kier alpha value is -1.88. The third-order valence-electron chi connectivity index (χ3n) is 2.34. The summed E-state index contributed by atoms with van der Waals surface area (Å²) in [5.41, 5.74) is 0.864. The summed E-state index contributed by atoms with van der Waals surface area (Å²) in [7, 11) is -3.71. The number of halogens is 2. The van der Waals surface area contributed by atoms with Gasteiger partial charge >= 0.3 is 0 Å². The van der Waals surface area contributed by atoms with Crippen molar-refractivity contribution in [3.8, 4) is 6.07 Å². The minimum Gasteiger partial charge on any atom is -0.267 e. The molecule has 1 aromatic heterocycles. The SMILES string of the molecule is N#Cc1cccc(CS(=O)(=O)Nc2cc(Cl)nc(Cl)n2)c1. The number of anilines is 1. The Morgan fingerprint density at radius 2 is 2.00 bits per heavy atom. The van der Waals surface area contributed by atoms with E-state index >= 15 is 0 Å². The molecule has 21 heavy (non-hydrogen) atoms. The molecule has 1 aromatic carbocycles. The number of aromatic nitrogens is 2. The van der Waals surface area contributed by atoms with Gasteiger partial charge in [0.25, 0.3) is 0 Å². The van der Waals surface area contributed by atoms with Crippen LogP contribution in [0.15, 0.2) is 30.3 Å². The molecule has 0 saturated heterocycles. The van der Waals surface area contributed by atoms with Crippen molar-refractivity contribution >= 4 is 39.0 Å². The highest BCUT2D eigenvalue weighted by atomic mass is 35.5. The van der Waals surface area contributed by atoms with Gasteiger partial charge in [0, 0.05) is 6.07 Å². The molecule has 0 radical (unpaired) electrons. The first-order chi connectivity index (χ1) is 9.88. The molecule has 0 saturated carbocycles. The Bertz CT molecular complexity index is 798. The number of benzene rings is 1. The second kappa shape index (κ2) is 6.26. The largest absolute Gasteiger partial charge is 0.267 e. The summed E-state index contributed by atoms with van der Waals surface area (Å²) in [6.07, 6.45) is 0. The maximum absolute atomic E-state index is 12.1. The second-order valence-corrected chi connectivity index (χ2v) is 6.47. The molecule has 2 rings (SSSR count). The van der Waals surface area contributed by atoms with Crippen molar-refractivity contribution in [1.29, 1.82) is 5.26 Å². The van der Waals surface area contributed by atoms with Gasteiger partial charge in [-0.05, 0) is 29.3 Å². The van der Waals surface area contributed by atoms with Gasteiger partial charge in [0.15, 0.2) is 0 Å². The van der Waals surface area contributed by atoms with Crippen LogP contribution in [0.3, 0.4) is 0 Å². The van der Waals surface area contributed by atoms with Gasteiger partial charge in [0.1, 0.15) is 11.0 Å². The summed E-state index contributed by atoms with van der Waals surface area (Å²) < 4.78 is 26.4. The van der Waals surface area contributed by atoms with Gasteiger partial charge in [-0.25, -0.2) is 13.4 Å². The molecular weight excluding hydrogens is 335 g/mol. The van der Waals surface area contributed by atoms with Crippen LogP contribution in [0.5, 0.6) is 0 Å². The molecule has 0 fully saturated rings. The Morgan fingerprint density at radius 3 is 2.67 bits per heavy atom. The van der Waals surface area contributed by atoms with Gasteiger partial charge in [0.05, 0.1) is 17.4 Å². The van der Waals surface area contributed by atoms with Gasteiger partial charge in [-0.3, -0.25) is 4.72 Å². The van der Waals surface area contributed by atoms with Gasteiger partial charge in [0.2, 0.25) is 15.3 Å². The number of hydrogen-bond acceptors (Lipinski definition) is 5. The van der Waals surface area contributed by atoms with E-state index in [4.69, 9.17) is 28.5 Å². The first-order valence-corrected chi connectivity index (χ1v) is 7.98. The molecule has 0 spiro atoms. The van der Waals surface area contributed by atoms with Crippen LogP contribution < -0.4 is 4.72 Å². The van der Waals surface area contributed by atoms with E-state index in [1.165, 1.54) is 12.1 Å². The monoisotopic (exact) mass is 342 g/mol. The summed E-state index contributed by atoms with van der Waals surface area (Å²) in [5.74, 6) is -0.321. The topological polar surface area (TPSA) is 95.7 Å². The van der Waals surface area contributed by atoms with E-state index in [1.807, 2.05) is 6.07 Å². The summed E-state index contributed by atoms with van der Waals surface area (Å²) in [4.78, 5) is 7.34. The van der Waals surface area contributed by atoms with Gasteiger partial charge in [-0.2, -0.15) is 10.2 Å². The van der Waals surface area contributed by atoms with E-state index in [1.54, 1.807) is 18.2 Å². The zero-order valence-electron chi connectivity index (χ0n) is 10.4. The van der Waals surface area contributed by atoms with Crippen LogP contribution in [0, 0.1) is 11.3 Å². The molecule has 0 bridgehead atoms. The van der Waals surface area contributed by atoms with Crippen LogP contribution in [-0.4, -0.2) is 18.4 Å². The molecule has 6 nitrogen and oxygen atoms in total. The highest BCUT2D eigenvalue weighted by Gasteiger charge is 2.14. The molecule has 0 aliphatic heterocycles. The molecular formula is C12H8Cl2N4O2S. The smallest absolute Gasteiger partial charge is 0.238 e. The van der Waals surface area contributed by atoms with Crippen LogP contribution in [-0.2, 0) is 15.8 Å². The predicted octanol–water partition coefficient (Wildman–Crippen LogP) is 2.60. The van der Waals surface area contributed by atoms with E-state index in [0.717, 1.165) is 0 Å². The lowest BCUT2D eigenvalue weighted by molar-refractivity contribution is 0.600. The zero-order chi connectivity index (χ0) is 15.5. The molecule has 0 amide bonds. The lowest BCUT2D eigenvalue weighted by atomic mass is 10.2. The molecule has 9 heteroatoms. The normalized spacial score (nSPS) is 10.9. The molecule has 1 heterocycles. The number of nitriles is 1. The third-order valence-corrected chi connectivity index (χ3v) is 3.94. The fourth-order valence-electron chi connectivity index (χ4n) is 1.59. The van der Waals surface area contributed by atoms with E-state index < -0.39 is 10.0 Å². The lowest BCUT2D eigenvalue weighted by Crippen LogP contribution is -2.16. The minimum absolute atomic E-state index is 0.0172. The summed E-state index contributed by atoms with van der Waals surface area (Å²) in [6, 6.07) is 9.51. The maximum Gasteiger partial charge on any atom is 0.238 e. The standard InChI is InChI=1S/C12H8Cl2N4O2S/c13-10-5-11(17-12(14)16-10)18-21(19,20)7-9-3-1-2-8(4-9)6-15/h1-5H,7H2,(H,16,17,18). The van der Waals surface area contributed by atoms with Crippen LogP contribution in [0.1, 0.15) is 11.1 Å². The van der Waals surface area contributed by atoms with Crippen molar-refractivity contribution in [3.63, 3.8) is 0 Å². The first-order valence-electron chi connectivity index (χ1n) is 5.57. The van der Waals surface area contributed by atoms with Crippen molar-refractivity contribution in [2.75, 3.05) is 4.72 Å². The number of nitrogens with zero attached hydrogens (tertiary/aromatic N) is 3. The molecule has 0 unspecified atom stereocenters. The van der Waals surface area contributed by atoms with E-state index in [-0.39, 0.29) is 22.0 Å². The number of rotatable bonds is 4. The molecule has 1 N–H and O–H groups in total. The number of nitrogens with one attached hydrogen (secondary N) is 1. The molecule has 2 aromatic rings. The zero-order valence-corrected chi connectivity index (χ0v) is 12.7. The Kier molecular flexibility index (Phi) is 4.63. The van der Waals surface area contributed by atoms with Crippen LogP contribution in [0.4, 0.5) is 5.82 Å². The van der Waals surface area contributed by atoms with Crippen molar-refractivity contribution < 1.29 is 8.42 Å². The van der Waals surface area contributed by atoms with E-state index in [2.05, 4.69) is 14.7 Å². The molecule has 0 aliphatic rings. The van der Waals surface area contributed by atoms with E-state index in [0.29, 0.717) is 11.1 Å². The van der Waals surface area contributed by atoms with Crippen molar-refractivity contribution in [2.45, 2.75) is 5.75 Å². The highest BCUT2D eigenvalue weighted by Crippen LogP contribution is 2.17. The van der Waals surface area contributed by atoms with Crippen LogP contribution in [0.2, 0.25) is 10.4 Å². The number of sulfonamides is 1. The minimum atomic E-state index is -3.71. The number of hydrogen-bond donors (Lipinski definition) is 1. The van der Waals surface area contributed by atoms with Crippen molar-refractivity contribution in [2.24, 2.45) is 0 Å². The van der Waals surface area contributed by atoms with Crippen molar-refractivity contribution in [3.05, 3.63) is 51.9 Å². The highest BCUT2D eigenvalue weighted by molar-refractivity contribution is 7.91. The van der Waals surface area contributed by atoms with Gasteiger partial charge < -0.3 is 0 Å². The van der Waals surface area contributed by atoms with E-state index in [9.17, 15) is 8.42 Å². The third kappa shape index (κ3) is 4.56. The average molecular weight is 343 g/mol. The molecule has 108 valence electrons. The lowest BCUT2D eigenvalue weighted by Gasteiger charge is -2.08. The van der Waals surface area contributed by atoms with Gasteiger partial charge in [-0.1, -0.05) is 23.7 Å². The first kappa shape index (κ1) is 15.5. The van der Waals surface area contributed by atoms with Crippen LogP contribution in [0.25, 0.3) is 0 Å². The predicted molar refractivity (Wildman–Crippen MR) is 79.5 cm³/mol. The Balaban J connectivity index is 2.20.